The van der Waals surface area contributed by atoms with Gasteiger partial charge in [-0.3, -0.25) is 0 Å². The molecule has 0 radical (unpaired) electrons. The highest BCUT2D eigenvalue weighted by molar-refractivity contribution is 8.10. The number of benzene rings is 3. The quantitative estimate of drug-likeness (QED) is 0.0563. The van der Waals surface area contributed by atoms with E-state index in [1.54, 1.807) is 36.4 Å². The van der Waals surface area contributed by atoms with E-state index in [0.29, 0.717) is 0 Å². The average molecular weight is 986 g/mol. The summed E-state index contributed by atoms with van der Waals surface area (Å²) in [6, 6.07) is 18.2. The van der Waals surface area contributed by atoms with Crippen molar-refractivity contribution in [1.29, 1.82) is 0 Å². The van der Waals surface area contributed by atoms with Gasteiger partial charge in [0.2, 0.25) is 14.4 Å². The summed E-state index contributed by atoms with van der Waals surface area (Å²) in [5, 5.41) is 12.2. The Balaban J connectivity index is 1.77. The molecule has 0 fully saturated rings. The van der Waals surface area contributed by atoms with Gasteiger partial charge >= 0.3 is 0 Å². The van der Waals surface area contributed by atoms with E-state index in [0.717, 1.165) is 101 Å². The first-order valence-electron chi connectivity index (χ1n) is 26.9. The van der Waals surface area contributed by atoms with Crippen LogP contribution in [0.1, 0.15) is 237 Å². The van der Waals surface area contributed by atoms with Crippen LogP contribution in [0.3, 0.4) is 0 Å². The molecule has 0 saturated heterocycles. The molecule has 0 aliphatic carbocycles. The first kappa shape index (κ1) is 58.8. The standard InChI is InChI=1S/C57H92O7S3/c1-5-8-11-14-17-20-23-26-29-32-35-50-38-44-53(45-39-50)65(59,60)56(66(61,62)54-46-40-51(41-47-54)36-33-30-27-24-21-18-15-12-9-6-2)57(4,58)67(63,64)55-48-42-52(43-49-55)37-34-31-28-25-22-19-16-13-10-7-3/h38-49,56,58H,5-37H2,1-4H3. The molecule has 0 aliphatic heterocycles. The molecule has 3 rings (SSSR count). The van der Waals surface area contributed by atoms with Crippen LogP contribution in [0, 0.1) is 0 Å². The van der Waals surface area contributed by atoms with Gasteiger partial charge < -0.3 is 5.11 Å². The maximum Gasteiger partial charge on any atom is 0.214 e. The fourth-order valence-electron chi connectivity index (χ4n) is 9.33. The highest BCUT2D eigenvalue weighted by Gasteiger charge is 2.59. The predicted octanol–water partition coefficient (Wildman–Crippen LogP) is 15.8. The van der Waals surface area contributed by atoms with E-state index in [9.17, 15) is 30.4 Å². The van der Waals surface area contributed by atoms with Crippen molar-refractivity contribution in [3.05, 3.63) is 89.5 Å². The summed E-state index contributed by atoms with van der Waals surface area (Å²) in [5.41, 5.74) is 2.74. The maximum atomic E-state index is 14.7. The average Bonchev–Trinajstić information content (AvgIpc) is 3.31. The lowest BCUT2D eigenvalue weighted by Crippen LogP contribution is -2.54. The summed E-state index contributed by atoms with van der Waals surface area (Å²) < 4.78 is 85.2. The van der Waals surface area contributed by atoms with E-state index >= 15 is 0 Å². The molecular weight excluding hydrogens is 893 g/mol. The summed E-state index contributed by atoms with van der Waals surface area (Å²) in [6.45, 7) is 7.50. The van der Waals surface area contributed by atoms with E-state index in [1.165, 1.54) is 171 Å². The third-order valence-corrected chi connectivity index (χ3v) is 21.7. The molecule has 67 heavy (non-hydrogen) atoms. The van der Waals surface area contributed by atoms with Gasteiger partial charge in [-0.1, -0.05) is 231 Å². The van der Waals surface area contributed by atoms with E-state index in [4.69, 9.17) is 0 Å². The Labute approximate surface area is 410 Å². The minimum Gasteiger partial charge on any atom is -0.372 e. The summed E-state index contributed by atoms with van der Waals surface area (Å²) in [4.78, 5) is -4.30. The van der Waals surface area contributed by atoms with E-state index in [-0.39, 0.29) is 14.7 Å². The Bertz CT molecular complexity index is 1980. The van der Waals surface area contributed by atoms with Gasteiger partial charge in [-0.05, 0) is 98.5 Å². The Hall–Kier alpha value is -2.53. The zero-order chi connectivity index (χ0) is 48.9. The third-order valence-electron chi connectivity index (χ3n) is 13.7. The molecule has 0 spiro atoms. The zero-order valence-corrected chi connectivity index (χ0v) is 44.9. The molecule has 0 amide bonds. The summed E-state index contributed by atoms with van der Waals surface area (Å²) in [5.74, 6) is 0. The highest BCUT2D eigenvalue weighted by atomic mass is 32.3. The Morgan fingerprint density at radius 3 is 0.791 bits per heavy atom. The van der Waals surface area contributed by atoms with Gasteiger partial charge in [0.15, 0.2) is 24.6 Å². The number of aryl methyl sites for hydroxylation is 3. The van der Waals surface area contributed by atoms with Crippen molar-refractivity contribution in [1.82, 2.24) is 0 Å². The number of sulfone groups is 3. The minimum absolute atomic E-state index is 0.335. The smallest absolute Gasteiger partial charge is 0.214 e. The van der Waals surface area contributed by atoms with Crippen LogP contribution in [0.5, 0.6) is 0 Å². The largest absolute Gasteiger partial charge is 0.372 e. The van der Waals surface area contributed by atoms with Crippen LogP contribution in [0.25, 0.3) is 0 Å². The van der Waals surface area contributed by atoms with Crippen molar-refractivity contribution in [3.63, 3.8) is 0 Å². The van der Waals surface area contributed by atoms with Crippen LogP contribution in [-0.4, -0.2) is 39.9 Å². The van der Waals surface area contributed by atoms with Gasteiger partial charge in [0.1, 0.15) is 0 Å². The highest BCUT2D eigenvalue weighted by Crippen LogP contribution is 2.39. The zero-order valence-electron chi connectivity index (χ0n) is 42.5. The number of hydrogen-bond donors (Lipinski definition) is 1. The van der Waals surface area contributed by atoms with Gasteiger partial charge in [0, 0.05) is 0 Å². The summed E-state index contributed by atoms with van der Waals surface area (Å²) >= 11 is 0. The second-order valence-corrected chi connectivity index (χ2v) is 26.4. The van der Waals surface area contributed by atoms with Crippen molar-refractivity contribution in [2.24, 2.45) is 0 Å². The van der Waals surface area contributed by atoms with E-state index in [1.807, 2.05) is 0 Å². The van der Waals surface area contributed by atoms with Crippen molar-refractivity contribution in [3.8, 4) is 0 Å². The molecule has 3 aromatic rings. The van der Waals surface area contributed by atoms with Gasteiger partial charge in [0.05, 0.1) is 14.7 Å². The van der Waals surface area contributed by atoms with Crippen LogP contribution in [-0.2, 0) is 48.8 Å². The molecule has 7 nitrogen and oxygen atoms in total. The SMILES string of the molecule is CCCCCCCCCCCCc1ccc(S(=O)(=O)C(C(C)(O)S(=O)(=O)c2ccc(CCCCCCCCCCCC)cc2)S(=O)(=O)c2ccc(CCCCCCCCCCCC)cc2)cc1. The predicted molar refractivity (Wildman–Crippen MR) is 282 cm³/mol. The monoisotopic (exact) mass is 985 g/mol. The van der Waals surface area contributed by atoms with Crippen molar-refractivity contribution >= 4 is 29.5 Å². The Morgan fingerprint density at radius 2 is 0.552 bits per heavy atom. The summed E-state index contributed by atoms with van der Waals surface area (Å²) in [6.07, 6.45) is 38.4. The van der Waals surface area contributed by atoms with Crippen LogP contribution in [0.4, 0.5) is 0 Å². The lowest BCUT2D eigenvalue weighted by atomic mass is 10.0. The number of rotatable bonds is 40. The first-order valence-corrected chi connectivity index (χ1v) is 31.5. The van der Waals surface area contributed by atoms with Gasteiger partial charge in [0.25, 0.3) is 0 Å². The lowest BCUT2D eigenvalue weighted by molar-refractivity contribution is 0.156. The van der Waals surface area contributed by atoms with Gasteiger partial charge in [-0.15, -0.1) is 0 Å². The fourth-order valence-corrected chi connectivity index (χ4v) is 16.8. The molecule has 1 N–H and O–H groups in total. The van der Waals surface area contributed by atoms with E-state index in [2.05, 4.69) is 20.8 Å². The molecule has 1 unspecified atom stereocenters. The molecule has 0 saturated carbocycles. The van der Waals surface area contributed by atoms with Crippen molar-refractivity contribution in [2.75, 3.05) is 0 Å². The molecule has 0 bridgehead atoms. The normalized spacial score (nSPS) is 13.3. The van der Waals surface area contributed by atoms with Crippen LogP contribution in [0.2, 0.25) is 0 Å². The third kappa shape index (κ3) is 20.4. The van der Waals surface area contributed by atoms with Crippen LogP contribution in [0.15, 0.2) is 87.5 Å². The molecule has 1 atom stereocenters. The minimum atomic E-state index is -5.01. The maximum absolute atomic E-state index is 14.7. The molecule has 3 aromatic carbocycles. The topological polar surface area (TPSA) is 123 Å². The second-order valence-electron chi connectivity index (χ2n) is 19.7. The summed E-state index contributed by atoms with van der Waals surface area (Å²) in [7, 11) is -15.0. The number of hydrogen-bond acceptors (Lipinski definition) is 7. The molecule has 0 heterocycles. The van der Waals surface area contributed by atoms with Crippen LogP contribution < -0.4 is 0 Å². The second kappa shape index (κ2) is 32.4. The number of unbranched alkanes of at least 4 members (excludes halogenated alkanes) is 27. The molecule has 0 aliphatic rings. The Morgan fingerprint density at radius 1 is 0.343 bits per heavy atom. The lowest BCUT2D eigenvalue weighted by Gasteiger charge is -2.32. The molecule has 380 valence electrons. The van der Waals surface area contributed by atoms with Gasteiger partial charge in [-0.2, -0.15) is 0 Å². The fraction of sp³-hybridized carbons (Fsp3) is 0.684. The Kier molecular flexibility index (Phi) is 28.4. The molecule has 0 aromatic heterocycles. The van der Waals surface area contributed by atoms with Gasteiger partial charge in [-0.25, -0.2) is 25.3 Å². The molecule has 10 heteroatoms. The first-order chi connectivity index (χ1) is 32.2. The number of aliphatic hydroxyl groups is 1. The van der Waals surface area contributed by atoms with Crippen LogP contribution >= 0.6 is 0 Å². The molecular formula is C57H92O7S3. The van der Waals surface area contributed by atoms with Crippen molar-refractivity contribution < 1.29 is 30.4 Å². The van der Waals surface area contributed by atoms with Crippen molar-refractivity contribution in [2.45, 2.75) is 264 Å². The van der Waals surface area contributed by atoms with E-state index < -0.39 is 39.0 Å².